The number of phenols is 1. The van der Waals surface area contributed by atoms with E-state index < -0.39 is 0 Å². The average Bonchev–Trinajstić information content (AvgIpc) is 3.43. The van der Waals surface area contributed by atoms with Crippen LogP contribution in [0, 0.1) is 17.8 Å². The van der Waals surface area contributed by atoms with Crippen LogP contribution in [-0.2, 0) is 4.74 Å². The molecule has 3 aromatic rings. The number of phenolic OH excluding ortho intramolecular Hbond substituents is 1. The maximum atomic E-state index is 10.3. The molecule has 0 spiro atoms. The Kier molecular flexibility index (Phi) is 6.22. The molecule has 4 saturated heterocycles. The molecule has 6 heterocycles. The molecule has 2 aromatic heterocycles. The van der Waals surface area contributed by atoms with Gasteiger partial charge in [0.2, 0.25) is 0 Å². The van der Waals surface area contributed by atoms with Crippen LogP contribution in [0.5, 0.6) is 5.75 Å². The molecule has 0 saturated carbocycles. The first kappa shape index (κ1) is 24.2. The predicted octanol–water partition coefficient (Wildman–Crippen LogP) is 2.76. The van der Waals surface area contributed by atoms with Crippen LogP contribution >= 0.6 is 0 Å². The molecule has 4 unspecified atom stereocenters. The number of pyridine rings is 1. The van der Waals surface area contributed by atoms with Crippen LogP contribution < -0.4 is 15.5 Å². The number of aromatic nitrogens is 3. The summed E-state index contributed by atoms with van der Waals surface area (Å²) < 4.78 is 5.82. The van der Waals surface area contributed by atoms with Gasteiger partial charge in [-0.05, 0) is 61.4 Å². The average molecular weight is 524 g/mol. The monoisotopic (exact) mass is 523 g/mol. The van der Waals surface area contributed by atoms with Gasteiger partial charge in [0.25, 0.3) is 0 Å². The second kappa shape index (κ2) is 10.0. The molecular formula is C30H33N7O2. The van der Waals surface area contributed by atoms with Gasteiger partial charge in [-0.25, -0.2) is 4.98 Å². The first-order chi connectivity index (χ1) is 19.1. The number of nitrogens with two attached hydrogens (primary N) is 1. The highest BCUT2D eigenvalue weighted by molar-refractivity contribution is 5.74. The number of fused-ring (bicyclic) bond motifs is 4. The number of ether oxygens (including phenoxy) is 1. The number of anilines is 3. The van der Waals surface area contributed by atoms with Gasteiger partial charge in [0.15, 0.2) is 5.82 Å². The number of nitrogens with zero attached hydrogens (tertiary/aromatic N) is 6. The number of piperidine rings is 1. The van der Waals surface area contributed by atoms with Gasteiger partial charge in [-0.15, -0.1) is 10.2 Å². The van der Waals surface area contributed by atoms with E-state index in [0.29, 0.717) is 41.2 Å². The summed E-state index contributed by atoms with van der Waals surface area (Å²) in [6, 6.07) is 14.1. The van der Waals surface area contributed by atoms with E-state index >= 15 is 0 Å². The first-order valence-corrected chi connectivity index (χ1v) is 13.8. The first-order valence-electron chi connectivity index (χ1n) is 13.8. The minimum atomic E-state index is 0.182. The van der Waals surface area contributed by atoms with E-state index in [0.717, 1.165) is 63.6 Å². The van der Waals surface area contributed by atoms with Gasteiger partial charge in [-0.1, -0.05) is 18.1 Å². The number of aromatic hydroxyl groups is 1. The van der Waals surface area contributed by atoms with Crippen molar-refractivity contribution >= 4 is 17.2 Å². The molecule has 39 heavy (non-hydrogen) atoms. The molecule has 3 N–H and O–H groups in total. The summed E-state index contributed by atoms with van der Waals surface area (Å²) in [4.78, 5) is 11.8. The molecule has 0 aliphatic carbocycles. The van der Waals surface area contributed by atoms with Crippen LogP contribution in [0.15, 0.2) is 48.7 Å². The number of rotatable bonds is 4. The van der Waals surface area contributed by atoms with Crippen molar-refractivity contribution in [1.29, 1.82) is 0 Å². The quantitative estimate of drug-likeness (QED) is 0.500. The smallest absolute Gasteiger partial charge is 0.169 e. The topological polar surface area (TPSA) is 104 Å². The molecule has 4 atom stereocenters. The summed E-state index contributed by atoms with van der Waals surface area (Å²) in [7, 11) is 0. The van der Waals surface area contributed by atoms with Crippen LogP contribution in [0.1, 0.15) is 25.0 Å². The number of piperazine rings is 1. The Labute approximate surface area is 228 Å². The normalized spacial score (nSPS) is 25.9. The fourth-order valence-corrected chi connectivity index (χ4v) is 6.77. The lowest BCUT2D eigenvalue weighted by atomic mass is 10.0. The second-order valence-corrected chi connectivity index (χ2v) is 11.2. The Bertz CT molecular complexity index is 1410. The zero-order chi connectivity index (χ0) is 26.3. The molecule has 7 rings (SSSR count). The van der Waals surface area contributed by atoms with E-state index in [1.165, 1.54) is 12.1 Å². The van der Waals surface area contributed by atoms with Crippen LogP contribution in [0.2, 0.25) is 0 Å². The van der Waals surface area contributed by atoms with Crippen molar-refractivity contribution in [1.82, 2.24) is 20.1 Å². The van der Waals surface area contributed by atoms with Gasteiger partial charge in [-0.3, -0.25) is 4.90 Å². The molecule has 9 heteroatoms. The number of benzene rings is 1. The van der Waals surface area contributed by atoms with Crippen LogP contribution in [0.25, 0.3) is 11.3 Å². The Hall–Kier alpha value is -3.87. The Morgan fingerprint density at radius 3 is 2.69 bits per heavy atom. The third-order valence-electron chi connectivity index (χ3n) is 8.51. The fourth-order valence-electron chi connectivity index (χ4n) is 6.77. The van der Waals surface area contributed by atoms with Crippen molar-refractivity contribution < 1.29 is 9.84 Å². The molecule has 200 valence electrons. The minimum Gasteiger partial charge on any atom is -0.507 e. The summed E-state index contributed by atoms with van der Waals surface area (Å²) in [6.07, 6.45) is 5.70. The standard InChI is InChI=1S/C30H33N7O2/c31-30-28(14-27(33-34-30)26-5-1-2-6-29(26)38)36-16-23-7-8-24(17-36)37(23)22-9-10-32-21(13-22)4-3-11-35-15-20-12-25(18-35)39-19-20/h1-2,5-6,9-10,13-14,20,23-25,38H,7-8,11-12,15-19H2,(H2,31,34). The lowest BCUT2D eigenvalue weighted by Crippen LogP contribution is -2.54. The number of hydrogen-bond donors (Lipinski definition) is 2. The van der Waals surface area contributed by atoms with Gasteiger partial charge >= 0.3 is 0 Å². The summed E-state index contributed by atoms with van der Waals surface area (Å²) in [5, 5.41) is 18.8. The highest BCUT2D eigenvalue weighted by atomic mass is 16.5. The highest BCUT2D eigenvalue weighted by Gasteiger charge is 2.41. The summed E-state index contributed by atoms with van der Waals surface area (Å²) in [5.74, 6) is 7.92. The fraction of sp³-hybridized carbons (Fsp3) is 0.433. The molecular weight excluding hydrogens is 490 g/mol. The van der Waals surface area contributed by atoms with E-state index in [1.807, 2.05) is 24.4 Å². The summed E-state index contributed by atoms with van der Waals surface area (Å²) >= 11 is 0. The third-order valence-corrected chi connectivity index (χ3v) is 8.51. The van der Waals surface area contributed by atoms with E-state index in [9.17, 15) is 5.11 Å². The predicted molar refractivity (Wildman–Crippen MR) is 150 cm³/mol. The molecule has 4 aliphatic heterocycles. The largest absolute Gasteiger partial charge is 0.507 e. The third kappa shape index (κ3) is 4.75. The van der Waals surface area contributed by atoms with Crippen molar-refractivity contribution in [2.75, 3.05) is 54.9 Å². The van der Waals surface area contributed by atoms with Gasteiger partial charge in [-0.2, -0.15) is 0 Å². The molecule has 4 bridgehead atoms. The molecule has 1 aromatic carbocycles. The molecule has 4 aliphatic rings. The van der Waals surface area contributed by atoms with Crippen molar-refractivity contribution in [3.63, 3.8) is 0 Å². The molecule has 0 amide bonds. The minimum absolute atomic E-state index is 0.182. The maximum Gasteiger partial charge on any atom is 0.169 e. The lowest BCUT2D eigenvalue weighted by molar-refractivity contribution is 0.0889. The SMILES string of the molecule is Nc1nnc(-c2ccccc2O)cc1N1CC2CCC(C1)N2c1ccnc(C#CCN2CC3COC(C3)C2)c1. The maximum absolute atomic E-state index is 10.3. The molecule has 4 fully saturated rings. The van der Waals surface area contributed by atoms with E-state index in [1.54, 1.807) is 12.1 Å². The summed E-state index contributed by atoms with van der Waals surface area (Å²) in [5.41, 5.74) is 10.5. The molecule has 9 nitrogen and oxygen atoms in total. The number of likely N-dealkylation sites (tertiary alicyclic amines) is 1. The highest BCUT2D eigenvalue weighted by Crippen LogP contribution is 2.39. The van der Waals surface area contributed by atoms with Crippen molar-refractivity contribution in [3.8, 4) is 28.8 Å². The lowest BCUT2D eigenvalue weighted by Gasteiger charge is -2.43. The Balaban J connectivity index is 1.06. The van der Waals surface area contributed by atoms with Crippen LogP contribution in [-0.4, -0.2) is 82.7 Å². The van der Waals surface area contributed by atoms with Gasteiger partial charge in [0, 0.05) is 55.7 Å². The summed E-state index contributed by atoms with van der Waals surface area (Å²) in [6.45, 7) is 5.41. The second-order valence-electron chi connectivity index (χ2n) is 11.2. The van der Waals surface area contributed by atoms with E-state index in [-0.39, 0.29) is 5.75 Å². The van der Waals surface area contributed by atoms with Crippen LogP contribution in [0.3, 0.4) is 0 Å². The number of para-hydroxylation sites is 1. The van der Waals surface area contributed by atoms with Crippen molar-refractivity contribution in [2.24, 2.45) is 5.92 Å². The van der Waals surface area contributed by atoms with Gasteiger partial charge in [0.1, 0.15) is 11.4 Å². The zero-order valence-corrected chi connectivity index (χ0v) is 21.9. The van der Waals surface area contributed by atoms with E-state index in [2.05, 4.69) is 53.9 Å². The van der Waals surface area contributed by atoms with E-state index in [4.69, 9.17) is 10.5 Å². The van der Waals surface area contributed by atoms with Crippen molar-refractivity contribution in [3.05, 3.63) is 54.4 Å². The Morgan fingerprint density at radius 2 is 1.87 bits per heavy atom. The van der Waals surface area contributed by atoms with Crippen molar-refractivity contribution in [2.45, 2.75) is 37.5 Å². The van der Waals surface area contributed by atoms with Gasteiger partial charge < -0.3 is 25.4 Å². The van der Waals surface area contributed by atoms with Crippen LogP contribution in [0.4, 0.5) is 17.2 Å². The molecule has 0 radical (unpaired) electrons. The Morgan fingerprint density at radius 1 is 1.03 bits per heavy atom. The number of hydrogen-bond acceptors (Lipinski definition) is 9. The number of nitrogen functional groups attached to an aromatic ring is 1. The van der Waals surface area contributed by atoms with Gasteiger partial charge in [0.05, 0.1) is 30.6 Å². The zero-order valence-electron chi connectivity index (χ0n) is 21.9.